The van der Waals surface area contributed by atoms with Crippen molar-refractivity contribution in [3.63, 3.8) is 0 Å². The summed E-state index contributed by atoms with van der Waals surface area (Å²) in [4.78, 5) is 23.8. The summed E-state index contributed by atoms with van der Waals surface area (Å²) in [7, 11) is 1.30. The fourth-order valence-corrected chi connectivity index (χ4v) is 1.76. The van der Waals surface area contributed by atoms with E-state index in [4.69, 9.17) is 10.00 Å². The van der Waals surface area contributed by atoms with Crippen molar-refractivity contribution in [2.75, 3.05) is 13.7 Å². The van der Waals surface area contributed by atoms with E-state index in [0.717, 1.165) is 5.56 Å². The predicted molar refractivity (Wildman–Crippen MR) is 79.0 cm³/mol. The molecule has 1 aromatic rings. The smallest absolute Gasteiger partial charge is 0.337 e. The van der Waals surface area contributed by atoms with Crippen LogP contribution >= 0.6 is 0 Å². The molecule has 0 aliphatic carbocycles. The third-order valence-electron chi connectivity index (χ3n) is 3.00. The summed E-state index contributed by atoms with van der Waals surface area (Å²) in [5.74, 6) is -0.784. The third-order valence-corrected chi connectivity index (χ3v) is 3.00. The van der Waals surface area contributed by atoms with E-state index in [2.05, 4.69) is 5.32 Å². The number of benzene rings is 1. The number of carbonyl (C=O) groups is 2. The Morgan fingerprint density at radius 3 is 2.38 bits per heavy atom. The number of hydrogen-bond donors (Lipinski definition) is 1. The number of ether oxygens (including phenoxy) is 1. The Labute approximate surface area is 124 Å². The van der Waals surface area contributed by atoms with Gasteiger partial charge in [0.2, 0.25) is 0 Å². The van der Waals surface area contributed by atoms with Gasteiger partial charge < -0.3 is 10.1 Å². The summed E-state index contributed by atoms with van der Waals surface area (Å²) in [6.07, 6.45) is 0.245. The van der Waals surface area contributed by atoms with Gasteiger partial charge in [0.1, 0.15) is 0 Å². The van der Waals surface area contributed by atoms with Gasteiger partial charge in [0.15, 0.2) is 0 Å². The van der Waals surface area contributed by atoms with Gasteiger partial charge in [-0.1, -0.05) is 20.8 Å². The van der Waals surface area contributed by atoms with Gasteiger partial charge in [-0.05, 0) is 29.2 Å². The molecule has 5 heteroatoms. The molecule has 0 unspecified atom stereocenters. The van der Waals surface area contributed by atoms with Crippen molar-refractivity contribution < 1.29 is 14.3 Å². The summed E-state index contributed by atoms with van der Waals surface area (Å²) < 4.78 is 4.72. The van der Waals surface area contributed by atoms with Crippen molar-refractivity contribution in [2.24, 2.45) is 0 Å². The fraction of sp³-hybridized carbons (Fsp3) is 0.438. The summed E-state index contributed by atoms with van der Waals surface area (Å²) in [5.41, 5.74) is 1.40. The average Bonchev–Trinajstić information content (AvgIpc) is 2.45. The van der Waals surface area contributed by atoms with Crippen molar-refractivity contribution in [2.45, 2.75) is 32.6 Å². The van der Waals surface area contributed by atoms with Gasteiger partial charge in [-0.25, -0.2) is 4.79 Å². The molecule has 0 atom stereocenters. The van der Waals surface area contributed by atoms with Crippen LogP contribution in [-0.4, -0.2) is 25.5 Å². The lowest BCUT2D eigenvalue weighted by atomic mass is 9.85. The van der Waals surface area contributed by atoms with Crippen LogP contribution < -0.4 is 5.32 Å². The maximum Gasteiger partial charge on any atom is 0.337 e. The topological polar surface area (TPSA) is 79.2 Å². The second kappa shape index (κ2) is 6.89. The predicted octanol–water partition coefficient (Wildman–Crippen LogP) is 2.41. The lowest BCUT2D eigenvalue weighted by molar-refractivity contribution is 0.0600. The average molecular weight is 288 g/mol. The van der Waals surface area contributed by atoms with Crippen molar-refractivity contribution in [3.05, 3.63) is 34.9 Å². The molecule has 112 valence electrons. The maximum absolute atomic E-state index is 12.1. The van der Waals surface area contributed by atoms with E-state index in [-0.39, 0.29) is 24.3 Å². The highest BCUT2D eigenvalue weighted by atomic mass is 16.5. The van der Waals surface area contributed by atoms with E-state index in [0.29, 0.717) is 11.1 Å². The van der Waals surface area contributed by atoms with Gasteiger partial charge in [0, 0.05) is 12.1 Å². The number of carbonyl (C=O) groups excluding carboxylic acids is 2. The molecule has 0 heterocycles. The number of methoxy groups -OCH3 is 1. The van der Waals surface area contributed by atoms with Crippen LogP contribution in [0.4, 0.5) is 0 Å². The van der Waals surface area contributed by atoms with Crippen molar-refractivity contribution >= 4 is 11.9 Å². The van der Waals surface area contributed by atoms with Crippen LogP contribution in [-0.2, 0) is 10.2 Å². The molecule has 1 amide bonds. The number of nitrogens with zero attached hydrogens (tertiary/aromatic N) is 1. The van der Waals surface area contributed by atoms with Crippen molar-refractivity contribution in [3.8, 4) is 6.07 Å². The van der Waals surface area contributed by atoms with Gasteiger partial charge in [-0.2, -0.15) is 5.26 Å². The largest absolute Gasteiger partial charge is 0.465 e. The summed E-state index contributed by atoms with van der Waals surface area (Å²) in [6, 6.07) is 6.95. The molecule has 0 aliphatic heterocycles. The first-order valence-corrected chi connectivity index (χ1v) is 6.68. The van der Waals surface area contributed by atoms with Crippen LogP contribution in [0, 0.1) is 11.3 Å². The minimum atomic E-state index is -0.479. The number of nitrogens with one attached hydrogen (secondary N) is 1. The quantitative estimate of drug-likeness (QED) is 0.681. The molecular formula is C16H20N2O3. The lowest BCUT2D eigenvalue weighted by Crippen LogP contribution is -2.25. The number of nitriles is 1. The Morgan fingerprint density at radius 2 is 1.86 bits per heavy atom. The second-order valence-electron chi connectivity index (χ2n) is 5.70. The number of rotatable bonds is 4. The lowest BCUT2D eigenvalue weighted by Gasteiger charge is -2.20. The fourth-order valence-electron chi connectivity index (χ4n) is 1.76. The summed E-state index contributed by atoms with van der Waals surface area (Å²) in [5, 5.41) is 11.1. The van der Waals surface area contributed by atoms with Crippen LogP contribution in [0.25, 0.3) is 0 Å². The monoisotopic (exact) mass is 288 g/mol. The zero-order valence-corrected chi connectivity index (χ0v) is 12.8. The van der Waals surface area contributed by atoms with E-state index >= 15 is 0 Å². The molecule has 0 aliphatic rings. The SMILES string of the molecule is COC(=O)c1cc(C(=O)NCCC#N)cc(C(C)(C)C)c1. The first-order valence-electron chi connectivity index (χ1n) is 6.68. The Balaban J connectivity index is 3.16. The third kappa shape index (κ3) is 4.60. The molecule has 0 saturated heterocycles. The molecule has 1 N–H and O–H groups in total. The molecule has 0 spiro atoms. The zero-order valence-electron chi connectivity index (χ0n) is 12.8. The molecule has 0 bridgehead atoms. The minimum Gasteiger partial charge on any atom is -0.465 e. The zero-order chi connectivity index (χ0) is 16.0. The van der Waals surface area contributed by atoms with Crippen molar-refractivity contribution in [1.29, 1.82) is 5.26 Å². The molecule has 5 nitrogen and oxygen atoms in total. The van der Waals surface area contributed by atoms with Gasteiger partial charge in [0.25, 0.3) is 5.91 Å². The molecule has 0 radical (unpaired) electrons. The van der Waals surface area contributed by atoms with E-state index in [9.17, 15) is 9.59 Å². The first kappa shape index (κ1) is 16.7. The Bertz CT molecular complexity index is 580. The number of amides is 1. The molecule has 1 aromatic carbocycles. The van der Waals surface area contributed by atoms with Crippen LogP contribution in [0.1, 0.15) is 53.5 Å². The van der Waals surface area contributed by atoms with Gasteiger partial charge in [-0.3, -0.25) is 4.79 Å². The van der Waals surface area contributed by atoms with Crippen LogP contribution in [0.3, 0.4) is 0 Å². The highest BCUT2D eigenvalue weighted by Gasteiger charge is 2.19. The summed E-state index contributed by atoms with van der Waals surface area (Å²) >= 11 is 0. The van der Waals surface area contributed by atoms with Crippen LogP contribution in [0.2, 0.25) is 0 Å². The Morgan fingerprint density at radius 1 is 1.24 bits per heavy atom. The molecule has 0 saturated carbocycles. The molecule has 0 aromatic heterocycles. The standard InChI is InChI=1S/C16H20N2O3/c1-16(2,3)13-9-11(14(19)18-7-5-6-17)8-12(10-13)15(20)21-4/h8-10H,5,7H2,1-4H3,(H,18,19). The summed E-state index contributed by atoms with van der Waals surface area (Å²) in [6.45, 7) is 6.28. The molecule has 1 rings (SSSR count). The van der Waals surface area contributed by atoms with Gasteiger partial charge in [-0.15, -0.1) is 0 Å². The van der Waals surface area contributed by atoms with Crippen LogP contribution in [0.15, 0.2) is 18.2 Å². The molecule has 0 fully saturated rings. The molecular weight excluding hydrogens is 268 g/mol. The minimum absolute atomic E-state index is 0.203. The Kier molecular flexibility index (Phi) is 5.48. The van der Waals surface area contributed by atoms with Gasteiger partial charge >= 0.3 is 5.97 Å². The Hall–Kier alpha value is -2.35. The normalized spacial score (nSPS) is 10.6. The maximum atomic E-state index is 12.1. The van der Waals surface area contributed by atoms with E-state index in [1.54, 1.807) is 12.1 Å². The van der Waals surface area contributed by atoms with E-state index < -0.39 is 5.97 Å². The highest BCUT2D eigenvalue weighted by molar-refractivity contribution is 5.98. The number of esters is 1. The second-order valence-corrected chi connectivity index (χ2v) is 5.70. The van der Waals surface area contributed by atoms with E-state index in [1.165, 1.54) is 13.2 Å². The van der Waals surface area contributed by atoms with Crippen molar-refractivity contribution in [1.82, 2.24) is 5.32 Å². The number of hydrogen-bond acceptors (Lipinski definition) is 4. The highest BCUT2D eigenvalue weighted by Crippen LogP contribution is 2.25. The molecule has 21 heavy (non-hydrogen) atoms. The van der Waals surface area contributed by atoms with E-state index in [1.807, 2.05) is 26.8 Å². The first-order chi connectivity index (χ1) is 9.79. The van der Waals surface area contributed by atoms with Crippen LogP contribution in [0.5, 0.6) is 0 Å². The van der Waals surface area contributed by atoms with Gasteiger partial charge in [0.05, 0.1) is 25.2 Å².